The SMILES string of the molecule is CCCCCCCCc1ccc(CNC(=O)C2(N)CC2)cc1. The van der Waals surface area contributed by atoms with Gasteiger partial charge in [-0.3, -0.25) is 4.79 Å². The highest BCUT2D eigenvalue weighted by atomic mass is 16.2. The molecule has 1 aromatic rings. The number of rotatable bonds is 10. The van der Waals surface area contributed by atoms with E-state index < -0.39 is 5.54 Å². The lowest BCUT2D eigenvalue weighted by atomic mass is 10.0. The molecule has 0 aromatic heterocycles. The van der Waals surface area contributed by atoms with Gasteiger partial charge in [-0.15, -0.1) is 0 Å². The summed E-state index contributed by atoms with van der Waals surface area (Å²) in [7, 11) is 0. The molecule has 1 amide bonds. The van der Waals surface area contributed by atoms with E-state index in [0.717, 1.165) is 24.8 Å². The molecule has 0 aliphatic heterocycles. The third kappa shape index (κ3) is 5.45. The molecular weight excluding hydrogens is 272 g/mol. The molecule has 0 bridgehead atoms. The molecule has 3 nitrogen and oxygen atoms in total. The Morgan fingerprint density at radius 1 is 1.05 bits per heavy atom. The number of hydrogen-bond acceptors (Lipinski definition) is 2. The van der Waals surface area contributed by atoms with Crippen LogP contribution in [0.5, 0.6) is 0 Å². The van der Waals surface area contributed by atoms with Crippen LogP contribution in [0.3, 0.4) is 0 Å². The molecule has 22 heavy (non-hydrogen) atoms. The second-order valence-corrected chi connectivity index (χ2v) is 6.67. The number of carbonyl (C=O) groups is 1. The Labute approximate surface area is 134 Å². The van der Waals surface area contributed by atoms with Crippen LogP contribution in [0.1, 0.15) is 69.4 Å². The van der Waals surface area contributed by atoms with Crippen molar-refractivity contribution < 1.29 is 4.79 Å². The zero-order chi connectivity index (χ0) is 15.8. The van der Waals surface area contributed by atoms with Gasteiger partial charge >= 0.3 is 0 Å². The van der Waals surface area contributed by atoms with Crippen molar-refractivity contribution in [2.45, 2.75) is 76.8 Å². The maximum Gasteiger partial charge on any atom is 0.240 e. The first kappa shape index (κ1) is 17.0. The van der Waals surface area contributed by atoms with Crippen LogP contribution < -0.4 is 11.1 Å². The van der Waals surface area contributed by atoms with Gasteiger partial charge in [-0.05, 0) is 36.8 Å². The fourth-order valence-electron chi connectivity index (χ4n) is 2.65. The van der Waals surface area contributed by atoms with Crippen molar-refractivity contribution in [2.24, 2.45) is 5.73 Å². The van der Waals surface area contributed by atoms with Crippen LogP contribution in [-0.4, -0.2) is 11.4 Å². The summed E-state index contributed by atoms with van der Waals surface area (Å²) in [5.41, 5.74) is 7.83. The summed E-state index contributed by atoms with van der Waals surface area (Å²) >= 11 is 0. The van der Waals surface area contributed by atoms with E-state index in [2.05, 4.69) is 36.5 Å². The summed E-state index contributed by atoms with van der Waals surface area (Å²) in [6, 6.07) is 8.59. The summed E-state index contributed by atoms with van der Waals surface area (Å²) in [5, 5.41) is 2.93. The number of nitrogens with two attached hydrogens (primary N) is 1. The number of carbonyl (C=O) groups excluding carboxylic acids is 1. The lowest BCUT2D eigenvalue weighted by Gasteiger charge is -2.10. The minimum absolute atomic E-state index is 0.0105. The van der Waals surface area contributed by atoms with Gasteiger partial charge in [0.05, 0.1) is 5.54 Å². The molecule has 2 rings (SSSR count). The summed E-state index contributed by atoms with van der Waals surface area (Å²) in [5.74, 6) is -0.0105. The van der Waals surface area contributed by atoms with Crippen molar-refractivity contribution in [3.63, 3.8) is 0 Å². The highest BCUT2D eigenvalue weighted by molar-refractivity contribution is 5.88. The van der Waals surface area contributed by atoms with E-state index in [9.17, 15) is 4.79 Å². The van der Waals surface area contributed by atoms with Crippen LogP contribution in [0.15, 0.2) is 24.3 Å². The lowest BCUT2D eigenvalue weighted by Crippen LogP contribution is -2.42. The molecule has 3 N–H and O–H groups in total. The zero-order valence-electron chi connectivity index (χ0n) is 13.9. The molecule has 1 aliphatic rings. The highest BCUT2D eigenvalue weighted by Gasteiger charge is 2.45. The van der Waals surface area contributed by atoms with Gasteiger partial charge in [-0.25, -0.2) is 0 Å². The Hall–Kier alpha value is -1.35. The third-order valence-corrected chi connectivity index (χ3v) is 4.54. The summed E-state index contributed by atoms with van der Waals surface area (Å²) < 4.78 is 0. The van der Waals surface area contributed by atoms with Crippen molar-refractivity contribution in [3.8, 4) is 0 Å². The average molecular weight is 302 g/mol. The number of amides is 1. The van der Waals surface area contributed by atoms with Crippen molar-refractivity contribution in [3.05, 3.63) is 35.4 Å². The second kappa shape index (κ2) is 8.33. The number of nitrogens with one attached hydrogen (secondary N) is 1. The number of aryl methyl sites for hydroxylation is 1. The van der Waals surface area contributed by atoms with E-state index >= 15 is 0 Å². The van der Waals surface area contributed by atoms with Gasteiger partial charge in [-0.2, -0.15) is 0 Å². The van der Waals surface area contributed by atoms with Gasteiger partial charge in [0.15, 0.2) is 0 Å². The molecule has 0 saturated heterocycles. The number of hydrogen-bond donors (Lipinski definition) is 2. The molecule has 122 valence electrons. The van der Waals surface area contributed by atoms with Crippen molar-refractivity contribution in [1.82, 2.24) is 5.32 Å². The van der Waals surface area contributed by atoms with Crippen LogP contribution in [0.25, 0.3) is 0 Å². The van der Waals surface area contributed by atoms with E-state index in [1.54, 1.807) is 0 Å². The van der Waals surface area contributed by atoms with Crippen LogP contribution in [0.4, 0.5) is 0 Å². The molecule has 1 saturated carbocycles. The molecule has 1 aliphatic carbocycles. The summed E-state index contributed by atoms with van der Waals surface area (Å²) in [4.78, 5) is 11.8. The molecule has 0 unspecified atom stereocenters. The van der Waals surface area contributed by atoms with Gasteiger partial charge in [0.2, 0.25) is 5.91 Å². The average Bonchev–Trinajstić information content (AvgIpc) is 3.28. The number of unbranched alkanes of at least 4 members (excludes halogenated alkanes) is 5. The first-order chi connectivity index (χ1) is 10.6. The Morgan fingerprint density at radius 3 is 2.27 bits per heavy atom. The Balaban J connectivity index is 1.63. The smallest absolute Gasteiger partial charge is 0.240 e. The molecule has 0 atom stereocenters. The van der Waals surface area contributed by atoms with E-state index in [1.165, 1.54) is 44.1 Å². The molecule has 0 radical (unpaired) electrons. The molecule has 0 spiro atoms. The zero-order valence-corrected chi connectivity index (χ0v) is 13.9. The summed E-state index contributed by atoms with van der Waals surface area (Å²) in [6.07, 6.45) is 10.8. The Kier molecular flexibility index (Phi) is 6.44. The summed E-state index contributed by atoms with van der Waals surface area (Å²) in [6.45, 7) is 2.83. The minimum atomic E-state index is -0.572. The normalized spacial score (nSPS) is 15.5. The molecule has 1 aromatic carbocycles. The maximum absolute atomic E-state index is 11.8. The Bertz CT molecular complexity index is 463. The minimum Gasteiger partial charge on any atom is -0.350 e. The third-order valence-electron chi connectivity index (χ3n) is 4.54. The predicted molar refractivity (Wildman–Crippen MR) is 91.5 cm³/mol. The van der Waals surface area contributed by atoms with E-state index in [-0.39, 0.29) is 5.91 Å². The quantitative estimate of drug-likeness (QED) is 0.648. The van der Waals surface area contributed by atoms with Gasteiger partial charge in [0.1, 0.15) is 0 Å². The van der Waals surface area contributed by atoms with E-state index in [1.807, 2.05) is 0 Å². The van der Waals surface area contributed by atoms with Crippen molar-refractivity contribution in [1.29, 1.82) is 0 Å². The van der Waals surface area contributed by atoms with Gasteiger partial charge < -0.3 is 11.1 Å². The molecule has 3 heteroatoms. The largest absolute Gasteiger partial charge is 0.350 e. The number of benzene rings is 1. The van der Waals surface area contributed by atoms with Crippen LogP contribution in [0, 0.1) is 0 Å². The standard InChI is InChI=1S/C19H30N2O/c1-2-3-4-5-6-7-8-16-9-11-17(12-10-16)15-21-18(22)19(20)13-14-19/h9-12H,2-8,13-15,20H2,1H3,(H,21,22). The monoisotopic (exact) mass is 302 g/mol. The van der Waals surface area contributed by atoms with E-state index in [4.69, 9.17) is 5.73 Å². The topological polar surface area (TPSA) is 55.1 Å². The first-order valence-corrected chi connectivity index (χ1v) is 8.79. The van der Waals surface area contributed by atoms with E-state index in [0.29, 0.717) is 6.54 Å². The van der Waals surface area contributed by atoms with Gasteiger partial charge in [-0.1, -0.05) is 63.3 Å². The van der Waals surface area contributed by atoms with Crippen molar-refractivity contribution >= 4 is 5.91 Å². The van der Waals surface area contributed by atoms with Crippen molar-refractivity contribution in [2.75, 3.05) is 0 Å². The molecule has 0 heterocycles. The van der Waals surface area contributed by atoms with Gasteiger partial charge in [0.25, 0.3) is 0 Å². The fraction of sp³-hybridized carbons (Fsp3) is 0.632. The van der Waals surface area contributed by atoms with Crippen LogP contribution in [0.2, 0.25) is 0 Å². The first-order valence-electron chi connectivity index (χ1n) is 8.79. The lowest BCUT2D eigenvalue weighted by molar-refractivity contribution is -0.123. The fourth-order valence-corrected chi connectivity index (χ4v) is 2.65. The predicted octanol–water partition coefficient (Wildman–Crippen LogP) is 3.70. The maximum atomic E-state index is 11.8. The van der Waals surface area contributed by atoms with Gasteiger partial charge in [0, 0.05) is 6.54 Å². The molecular formula is C19H30N2O. The molecule has 1 fully saturated rings. The second-order valence-electron chi connectivity index (χ2n) is 6.67. The van der Waals surface area contributed by atoms with Crippen LogP contribution in [-0.2, 0) is 17.8 Å². The van der Waals surface area contributed by atoms with Crippen LogP contribution >= 0.6 is 0 Å². The highest BCUT2D eigenvalue weighted by Crippen LogP contribution is 2.32. The Morgan fingerprint density at radius 2 is 1.64 bits per heavy atom.